The molecular formula is C7H8AlO5S2. The molecule has 0 atom stereocenters. The number of phenols is 2. The van der Waals surface area contributed by atoms with Crippen LogP contribution in [-0.4, -0.2) is 41.4 Å². The molecule has 0 aliphatic carbocycles. The molecule has 0 aliphatic rings. The number of benzene rings is 1. The Labute approximate surface area is 103 Å². The van der Waals surface area contributed by atoms with Crippen LogP contribution in [0.1, 0.15) is 10.4 Å². The fourth-order valence-electron chi connectivity index (χ4n) is 0.728. The van der Waals surface area contributed by atoms with Gasteiger partial charge in [-0.1, -0.05) is 0 Å². The van der Waals surface area contributed by atoms with Crippen LogP contribution in [0.3, 0.4) is 0 Å². The van der Waals surface area contributed by atoms with Crippen molar-refractivity contribution in [3.05, 3.63) is 17.7 Å². The maximum absolute atomic E-state index is 10.4. The minimum absolute atomic E-state index is 0. The van der Waals surface area contributed by atoms with Crippen molar-refractivity contribution in [3.63, 3.8) is 0 Å². The molecule has 0 spiro atoms. The fraction of sp³-hybridized carbons (Fsp3) is 0. The molecule has 0 saturated heterocycles. The van der Waals surface area contributed by atoms with Crippen LogP contribution in [0.25, 0.3) is 0 Å². The van der Waals surface area contributed by atoms with Gasteiger partial charge in [-0.05, 0) is 12.1 Å². The van der Waals surface area contributed by atoms with Crippen molar-refractivity contribution in [2.45, 2.75) is 4.90 Å². The first-order valence-corrected chi connectivity index (χ1v) is 5.57. The average Bonchev–Trinajstić information content (AvgIpc) is 2.16. The molecule has 1 rings (SSSR count). The standard InChI is InChI=1S/C7H6O4S.Al.H2O.S/c8-4-1-3(7(10)11)2-5(12)6(4)9;;;/h1-2,8-9,12H,(H,10,11);;1H2;. The molecule has 5 nitrogen and oxygen atoms in total. The third kappa shape index (κ3) is 4.59. The van der Waals surface area contributed by atoms with Crippen molar-refractivity contribution < 1.29 is 25.6 Å². The van der Waals surface area contributed by atoms with Crippen molar-refractivity contribution in [1.29, 1.82) is 0 Å². The van der Waals surface area contributed by atoms with E-state index in [9.17, 15) is 4.79 Å². The van der Waals surface area contributed by atoms with Gasteiger partial charge in [0.1, 0.15) is 0 Å². The van der Waals surface area contributed by atoms with E-state index in [4.69, 9.17) is 15.3 Å². The van der Waals surface area contributed by atoms with Gasteiger partial charge in [0.15, 0.2) is 11.5 Å². The summed E-state index contributed by atoms with van der Waals surface area (Å²) in [4.78, 5) is 10.4. The summed E-state index contributed by atoms with van der Waals surface area (Å²) < 4.78 is 0. The summed E-state index contributed by atoms with van der Waals surface area (Å²) in [6, 6.07) is 2.11. The van der Waals surface area contributed by atoms with Crippen molar-refractivity contribution >= 4 is 43.7 Å². The number of rotatable bonds is 1. The molecule has 0 unspecified atom stereocenters. The first-order valence-electron chi connectivity index (χ1n) is 3.24. The monoisotopic (exact) mass is 263 g/mol. The van der Waals surface area contributed by atoms with Crippen LogP contribution in [0, 0.1) is 0 Å². The summed E-state index contributed by atoms with van der Waals surface area (Å²) >= 11 is 5.76. The number of carboxylic acids is 1. The van der Waals surface area contributed by atoms with E-state index in [2.05, 4.69) is 23.1 Å². The molecule has 8 heteroatoms. The summed E-state index contributed by atoms with van der Waals surface area (Å²) in [5, 5.41) is 26.5. The van der Waals surface area contributed by atoms with Crippen LogP contribution >= 0.6 is 23.1 Å². The molecule has 15 heavy (non-hydrogen) atoms. The molecule has 0 amide bonds. The average molecular weight is 263 g/mol. The summed E-state index contributed by atoms with van der Waals surface area (Å²) in [7, 11) is 4.00. The van der Waals surface area contributed by atoms with E-state index >= 15 is 0 Å². The molecule has 0 aliphatic heterocycles. The zero-order chi connectivity index (χ0) is 11.3. The number of aromatic carboxylic acids is 1. The third-order valence-electron chi connectivity index (χ3n) is 1.32. The van der Waals surface area contributed by atoms with E-state index in [-0.39, 0.29) is 15.9 Å². The molecular weight excluding hydrogens is 255 g/mol. The van der Waals surface area contributed by atoms with E-state index in [1.165, 1.54) is 0 Å². The fourth-order valence-corrected chi connectivity index (χ4v) is 0.981. The van der Waals surface area contributed by atoms with E-state index in [0.29, 0.717) is 0 Å². The second-order valence-corrected chi connectivity index (χ2v) is 2.65. The van der Waals surface area contributed by atoms with Crippen LogP contribution in [0.4, 0.5) is 0 Å². The zero-order valence-electron chi connectivity index (χ0n) is 7.34. The zero-order valence-corrected chi connectivity index (χ0v) is 10.2. The first-order chi connectivity index (χ1) is 6.52. The Morgan fingerprint density at radius 1 is 1.33 bits per heavy atom. The van der Waals surface area contributed by atoms with Gasteiger partial charge >= 0.3 is 31.1 Å². The van der Waals surface area contributed by atoms with Gasteiger partial charge in [-0.3, -0.25) is 0 Å². The molecule has 81 valence electrons. The molecule has 0 saturated carbocycles. The molecule has 0 heterocycles. The van der Waals surface area contributed by atoms with Gasteiger partial charge in [-0.2, -0.15) is 0 Å². The Bertz CT molecular complexity index is 334. The van der Waals surface area contributed by atoms with Crippen molar-refractivity contribution in [2.75, 3.05) is 0 Å². The van der Waals surface area contributed by atoms with Gasteiger partial charge in [0, 0.05) is 0 Å². The molecule has 0 aromatic heterocycles. The quantitative estimate of drug-likeness (QED) is 0.335. The minimum atomic E-state index is -1.18. The Kier molecular flexibility index (Phi) is 8.52. The van der Waals surface area contributed by atoms with Crippen molar-refractivity contribution in [3.8, 4) is 11.5 Å². The summed E-state index contributed by atoms with van der Waals surface area (Å²) in [6.07, 6.45) is 0. The number of thiol groups is 1. The number of carboxylic acid groups (broad SMARTS) is 1. The number of hydrogen-bond donors (Lipinski definition) is 4. The summed E-state index contributed by atoms with van der Waals surface area (Å²) in [5.41, 5.74) is -0.115. The second kappa shape index (κ2) is 7.62. The van der Waals surface area contributed by atoms with Gasteiger partial charge in [-0.15, -0.1) is 12.6 Å². The summed E-state index contributed by atoms with van der Waals surface area (Å²) in [6.45, 7) is 0. The molecule has 5 N–H and O–H groups in total. The molecule has 1 aromatic carbocycles. The normalized spacial score (nSPS) is 8.00. The second-order valence-electron chi connectivity index (χ2n) is 2.17. The number of phenolic OH excluding ortho intramolecular Hbond substituents is 2. The van der Waals surface area contributed by atoms with Gasteiger partial charge in [-0.25, -0.2) is 4.79 Å². The Morgan fingerprint density at radius 2 is 1.80 bits per heavy atom. The molecule has 0 fully saturated rings. The van der Waals surface area contributed by atoms with E-state index in [1.807, 2.05) is 14.6 Å². The van der Waals surface area contributed by atoms with Crippen LogP contribution in [0.2, 0.25) is 0 Å². The molecule has 1 radical (unpaired) electrons. The van der Waals surface area contributed by atoms with Gasteiger partial charge in [0.2, 0.25) is 0 Å². The van der Waals surface area contributed by atoms with Crippen LogP contribution < -0.4 is 0 Å². The number of hydrogen-bond acceptors (Lipinski definition) is 5. The van der Waals surface area contributed by atoms with Crippen LogP contribution in [0.5, 0.6) is 11.5 Å². The number of aromatic hydroxyl groups is 2. The van der Waals surface area contributed by atoms with Gasteiger partial charge in [0.05, 0.1) is 10.5 Å². The first kappa shape index (κ1) is 16.8. The Hall–Kier alpha value is -0.648. The number of carbonyl (C=O) groups is 1. The Morgan fingerprint density at radius 3 is 2.13 bits per heavy atom. The molecule has 1 aromatic rings. The Balaban J connectivity index is 0. The topological polar surface area (TPSA) is 109 Å². The SMILES string of the molecule is O.O=C(O)c1cc(O)c(O)c(S)c1.[Al]=[S]. The summed E-state index contributed by atoms with van der Waals surface area (Å²) in [5.74, 6) is -2.08. The predicted molar refractivity (Wildman–Crippen MR) is 60.9 cm³/mol. The van der Waals surface area contributed by atoms with E-state index < -0.39 is 17.5 Å². The maximum atomic E-state index is 10.4. The van der Waals surface area contributed by atoms with Crippen molar-refractivity contribution in [2.24, 2.45) is 0 Å². The van der Waals surface area contributed by atoms with Crippen molar-refractivity contribution in [1.82, 2.24) is 0 Å². The predicted octanol–water partition coefficient (Wildman–Crippen LogP) is 0.527. The van der Waals surface area contributed by atoms with Gasteiger partial charge < -0.3 is 20.8 Å². The van der Waals surface area contributed by atoms with E-state index in [1.54, 1.807) is 0 Å². The third-order valence-corrected chi connectivity index (χ3v) is 1.66. The van der Waals surface area contributed by atoms with Crippen LogP contribution in [0.15, 0.2) is 17.0 Å². The van der Waals surface area contributed by atoms with Gasteiger partial charge in [0.25, 0.3) is 0 Å². The molecule has 0 bridgehead atoms. The van der Waals surface area contributed by atoms with E-state index in [0.717, 1.165) is 12.1 Å². The van der Waals surface area contributed by atoms with Crippen LogP contribution in [-0.2, 0) is 0 Å².